The fraction of sp³-hybridized carbons (Fsp3) is 0.214. The van der Waals surface area contributed by atoms with Gasteiger partial charge in [-0.15, -0.1) is 0 Å². The number of nitrogens with zero attached hydrogens (tertiary/aromatic N) is 2. The zero-order chi connectivity index (χ0) is 15.4. The molecule has 0 unspecified atom stereocenters. The number of nitrogens with one attached hydrogen (secondary N) is 2. The minimum Gasteiger partial charge on any atom is -0.369 e. The number of hydrogen-bond acceptors (Lipinski definition) is 4. The van der Waals surface area contributed by atoms with E-state index in [2.05, 4.69) is 20.6 Å². The smallest absolute Gasteiger partial charge is 0.275 e. The quantitative estimate of drug-likeness (QED) is 0.898. The Hall–Kier alpha value is -1.85. The second-order valence-electron chi connectivity index (χ2n) is 4.32. The number of carbonyl (C=O) groups is 1. The molecule has 2 N–H and O–H groups in total. The van der Waals surface area contributed by atoms with Crippen molar-refractivity contribution >= 4 is 40.6 Å². The van der Waals surface area contributed by atoms with E-state index in [1.54, 1.807) is 12.1 Å². The number of aryl methyl sites for hydroxylation is 1. The summed E-state index contributed by atoms with van der Waals surface area (Å²) in [4.78, 5) is 20.3. The minimum absolute atomic E-state index is 0.185. The van der Waals surface area contributed by atoms with Crippen molar-refractivity contribution in [3.8, 4) is 0 Å². The summed E-state index contributed by atoms with van der Waals surface area (Å²) in [6.45, 7) is 4.51. The van der Waals surface area contributed by atoms with Crippen molar-refractivity contribution in [2.45, 2.75) is 13.8 Å². The van der Waals surface area contributed by atoms with Gasteiger partial charge in [0.1, 0.15) is 11.5 Å². The highest BCUT2D eigenvalue weighted by molar-refractivity contribution is 6.40. The summed E-state index contributed by atoms with van der Waals surface area (Å²) in [7, 11) is 0. The van der Waals surface area contributed by atoms with Gasteiger partial charge < -0.3 is 10.6 Å². The predicted octanol–water partition coefficient (Wildman–Crippen LogP) is 3.78. The third kappa shape index (κ3) is 3.62. The second kappa shape index (κ2) is 6.74. The zero-order valence-electron chi connectivity index (χ0n) is 11.6. The van der Waals surface area contributed by atoms with Crippen LogP contribution in [0.1, 0.15) is 23.0 Å². The van der Waals surface area contributed by atoms with Crippen molar-refractivity contribution in [2.75, 3.05) is 17.2 Å². The Kier molecular flexibility index (Phi) is 4.98. The van der Waals surface area contributed by atoms with Crippen LogP contribution in [0.5, 0.6) is 0 Å². The number of rotatable bonds is 4. The highest BCUT2D eigenvalue weighted by atomic mass is 35.5. The SMILES string of the molecule is CCNc1cnc(C(=O)Nc2c(Cl)ccc(C)c2Cl)cn1. The van der Waals surface area contributed by atoms with Crippen LogP contribution in [0.2, 0.25) is 10.0 Å². The summed E-state index contributed by atoms with van der Waals surface area (Å²) in [6.07, 6.45) is 2.89. The Morgan fingerprint density at radius 1 is 1.24 bits per heavy atom. The Morgan fingerprint density at radius 2 is 2.00 bits per heavy atom. The Morgan fingerprint density at radius 3 is 2.62 bits per heavy atom. The lowest BCUT2D eigenvalue weighted by molar-refractivity contribution is 0.102. The summed E-state index contributed by atoms with van der Waals surface area (Å²) < 4.78 is 0. The fourth-order valence-electron chi connectivity index (χ4n) is 1.67. The van der Waals surface area contributed by atoms with E-state index in [9.17, 15) is 4.79 Å². The van der Waals surface area contributed by atoms with Crippen LogP contribution in [0.4, 0.5) is 11.5 Å². The van der Waals surface area contributed by atoms with Gasteiger partial charge in [-0.25, -0.2) is 9.97 Å². The number of benzene rings is 1. The number of aromatic nitrogens is 2. The van der Waals surface area contributed by atoms with Gasteiger partial charge in [0.05, 0.1) is 28.1 Å². The lowest BCUT2D eigenvalue weighted by Gasteiger charge is -2.11. The monoisotopic (exact) mass is 324 g/mol. The first kappa shape index (κ1) is 15.5. The highest BCUT2D eigenvalue weighted by Gasteiger charge is 2.14. The first-order chi connectivity index (χ1) is 10.0. The first-order valence-electron chi connectivity index (χ1n) is 6.34. The van der Waals surface area contributed by atoms with E-state index in [-0.39, 0.29) is 5.69 Å². The van der Waals surface area contributed by atoms with Crippen molar-refractivity contribution in [2.24, 2.45) is 0 Å². The van der Waals surface area contributed by atoms with Crippen LogP contribution in [-0.4, -0.2) is 22.4 Å². The van der Waals surface area contributed by atoms with Gasteiger partial charge in [0.15, 0.2) is 0 Å². The molecule has 1 aromatic heterocycles. The van der Waals surface area contributed by atoms with E-state index < -0.39 is 5.91 Å². The maximum Gasteiger partial charge on any atom is 0.275 e. The molecule has 0 saturated carbocycles. The first-order valence-corrected chi connectivity index (χ1v) is 7.10. The Bertz CT molecular complexity index is 659. The van der Waals surface area contributed by atoms with Gasteiger partial charge in [0.2, 0.25) is 0 Å². The predicted molar refractivity (Wildman–Crippen MR) is 85.3 cm³/mol. The summed E-state index contributed by atoms with van der Waals surface area (Å²) in [5, 5.41) is 6.44. The molecule has 1 amide bonds. The number of amides is 1. The summed E-state index contributed by atoms with van der Waals surface area (Å²) >= 11 is 12.2. The van der Waals surface area contributed by atoms with Crippen molar-refractivity contribution in [3.63, 3.8) is 0 Å². The molecule has 0 spiro atoms. The van der Waals surface area contributed by atoms with Gasteiger partial charge in [-0.05, 0) is 25.5 Å². The van der Waals surface area contributed by atoms with Gasteiger partial charge in [-0.3, -0.25) is 4.79 Å². The molecule has 0 bridgehead atoms. The second-order valence-corrected chi connectivity index (χ2v) is 5.11. The molecule has 2 aromatic rings. The third-order valence-corrected chi connectivity index (χ3v) is 3.57. The molecule has 0 saturated heterocycles. The van der Waals surface area contributed by atoms with Crippen LogP contribution >= 0.6 is 23.2 Å². The number of hydrogen-bond donors (Lipinski definition) is 2. The number of carbonyl (C=O) groups excluding carboxylic acids is 1. The Labute approximate surface area is 132 Å². The topological polar surface area (TPSA) is 66.9 Å². The molecule has 110 valence electrons. The third-order valence-electron chi connectivity index (χ3n) is 2.77. The van der Waals surface area contributed by atoms with Crippen LogP contribution in [0.25, 0.3) is 0 Å². The van der Waals surface area contributed by atoms with Crippen LogP contribution in [-0.2, 0) is 0 Å². The van der Waals surface area contributed by atoms with Gasteiger partial charge in [0.25, 0.3) is 5.91 Å². The number of anilines is 2. The van der Waals surface area contributed by atoms with Crippen LogP contribution < -0.4 is 10.6 Å². The normalized spacial score (nSPS) is 10.3. The maximum atomic E-state index is 12.1. The van der Waals surface area contributed by atoms with E-state index in [0.29, 0.717) is 21.6 Å². The maximum absolute atomic E-state index is 12.1. The Balaban J connectivity index is 2.20. The molecule has 21 heavy (non-hydrogen) atoms. The lowest BCUT2D eigenvalue weighted by atomic mass is 10.2. The van der Waals surface area contributed by atoms with Gasteiger partial charge in [-0.2, -0.15) is 0 Å². The largest absolute Gasteiger partial charge is 0.369 e. The molecule has 2 rings (SSSR count). The van der Waals surface area contributed by atoms with Crippen molar-refractivity contribution in [1.29, 1.82) is 0 Å². The van der Waals surface area contributed by atoms with Gasteiger partial charge >= 0.3 is 0 Å². The highest BCUT2D eigenvalue weighted by Crippen LogP contribution is 2.33. The summed E-state index contributed by atoms with van der Waals surface area (Å²) in [5.41, 5.74) is 1.39. The molecule has 0 fully saturated rings. The molecule has 0 aliphatic carbocycles. The van der Waals surface area contributed by atoms with E-state index in [1.807, 2.05) is 13.8 Å². The lowest BCUT2D eigenvalue weighted by Crippen LogP contribution is -2.15. The standard InChI is InChI=1S/C14H14Cl2N4O/c1-3-17-11-7-18-10(6-19-11)14(21)20-13-9(15)5-4-8(2)12(13)16/h4-7H,3H2,1-2H3,(H,17,19)(H,20,21). The van der Waals surface area contributed by atoms with Crippen molar-refractivity contribution < 1.29 is 4.79 Å². The molecule has 0 aliphatic heterocycles. The molecule has 0 radical (unpaired) electrons. The minimum atomic E-state index is -0.417. The fourth-order valence-corrected chi connectivity index (χ4v) is 2.13. The molecule has 0 atom stereocenters. The van der Waals surface area contributed by atoms with Crippen molar-refractivity contribution in [1.82, 2.24) is 9.97 Å². The van der Waals surface area contributed by atoms with E-state index in [1.165, 1.54) is 12.4 Å². The average Bonchev–Trinajstić information content (AvgIpc) is 2.48. The average molecular weight is 325 g/mol. The van der Waals surface area contributed by atoms with Crippen LogP contribution in [0.15, 0.2) is 24.5 Å². The van der Waals surface area contributed by atoms with E-state index in [0.717, 1.165) is 12.1 Å². The van der Waals surface area contributed by atoms with E-state index in [4.69, 9.17) is 23.2 Å². The molecule has 1 heterocycles. The van der Waals surface area contributed by atoms with Gasteiger partial charge in [0, 0.05) is 6.54 Å². The van der Waals surface area contributed by atoms with Crippen LogP contribution in [0, 0.1) is 6.92 Å². The number of halogens is 2. The molecular formula is C14H14Cl2N4O. The van der Waals surface area contributed by atoms with Crippen LogP contribution in [0.3, 0.4) is 0 Å². The molecule has 7 heteroatoms. The van der Waals surface area contributed by atoms with Gasteiger partial charge in [-0.1, -0.05) is 29.3 Å². The van der Waals surface area contributed by atoms with Crippen molar-refractivity contribution in [3.05, 3.63) is 45.8 Å². The molecular weight excluding hydrogens is 311 g/mol. The van der Waals surface area contributed by atoms with E-state index >= 15 is 0 Å². The summed E-state index contributed by atoms with van der Waals surface area (Å²) in [6, 6.07) is 3.46. The summed E-state index contributed by atoms with van der Waals surface area (Å²) in [5.74, 6) is 0.195. The molecule has 5 nitrogen and oxygen atoms in total. The molecule has 1 aromatic carbocycles. The zero-order valence-corrected chi connectivity index (χ0v) is 13.1. The molecule has 0 aliphatic rings.